The fourth-order valence-corrected chi connectivity index (χ4v) is 4.60. The van der Waals surface area contributed by atoms with Gasteiger partial charge in [0.1, 0.15) is 35.1 Å². The molecule has 0 saturated carbocycles. The molecule has 1 heterocycles. The maximum Gasteiger partial charge on any atom is 0.343 e. The molecule has 0 radical (unpaired) electrons. The second-order valence-electron chi connectivity index (χ2n) is 10.3. The molecule has 0 aromatic heterocycles. The number of allylic oxidation sites excluding steroid dienone is 1. The molecule has 3 unspecified atom stereocenters. The van der Waals surface area contributed by atoms with Crippen molar-refractivity contribution in [1.82, 2.24) is 15.5 Å². The molecule has 12 heteroatoms. The van der Waals surface area contributed by atoms with Crippen LogP contribution < -0.4 is 10.6 Å². The molecule has 1 aliphatic rings. The first-order valence-electron chi connectivity index (χ1n) is 14.1. The van der Waals surface area contributed by atoms with Gasteiger partial charge in [-0.1, -0.05) is 32.9 Å². The Morgan fingerprint density at radius 3 is 2.42 bits per heavy atom. The topological polar surface area (TPSA) is 131 Å². The van der Waals surface area contributed by atoms with Crippen LogP contribution in [0.1, 0.15) is 58.4 Å². The number of likely N-dealkylation sites (tertiary alicyclic amines) is 1. The number of methoxy groups -OCH3 is 1. The highest BCUT2D eigenvalue weighted by atomic mass is 19.1. The quantitative estimate of drug-likeness (QED) is 0.144. The Kier molecular flexibility index (Phi) is 13.7. The molecule has 0 spiro atoms. The number of nitrogens with zero attached hydrogens (tertiary/aromatic N) is 1. The van der Waals surface area contributed by atoms with Gasteiger partial charge in [0.25, 0.3) is 0 Å². The third-order valence-corrected chi connectivity index (χ3v) is 6.81. The average molecular weight is 604 g/mol. The lowest BCUT2D eigenvalue weighted by atomic mass is 10.0. The Balaban J connectivity index is 2.22. The predicted octanol–water partition coefficient (Wildman–Crippen LogP) is 3.62. The van der Waals surface area contributed by atoms with Crippen molar-refractivity contribution in [3.8, 4) is 0 Å². The maximum atomic E-state index is 13.7. The van der Waals surface area contributed by atoms with Gasteiger partial charge in [-0.25, -0.2) is 18.4 Å². The van der Waals surface area contributed by atoms with Crippen LogP contribution in [0.15, 0.2) is 54.5 Å². The van der Waals surface area contributed by atoms with Gasteiger partial charge >= 0.3 is 11.9 Å². The third kappa shape index (κ3) is 11.1. The van der Waals surface area contributed by atoms with Crippen LogP contribution in [0.25, 0.3) is 0 Å². The molecule has 1 aliphatic heterocycles. The predicted molar refractivity (Wildman–Crippen MR) is 154 cm³/mol. The van der Waals surface area contributed by atoms with Crippen LogP contribution in [0.4, 0.5) is 8.78 Å². The van der Waals surface area contributed by atoms with Gasteiger partial charge in [0.15, 0.2) is 0 Å². The normalized spacial score (nSPS) is 16.4. The summed E-state index contributed by atoms with van der Waals surface area (Å²) in [7, 11) is 1.08. The Bertz CT molecular complexity index is 1260. The summed E-state index contributed by atoms with van der Waals surface area (Å²) < 4.78 is 37.4. The van der Waals surface area contributed by atoms with E-state index in [1.807, 2.05) is 13.8 Å². The highest BCUT2D eigenvalue weighted by Gasteiger charge is 2.35. The van der Waals surface area contributed by atoms with Gasteiger partial charge < -0.3 is 25.0 Å². The number of hydrogen-bond donors (Lipinski definition) is 2. The van der Waals surface area contributed by atoms with Crippen LogP contribution in [0.5, 0.6) is 0 Å². The highest BCUT2D eigenvalue weighted by Crippen LogP contribution is 2.21. The number of carbonyl (C=O) groups excluding carboxylic acids is 5. The lowest BCUT2D eigenvalue weighted by Crippen LogP contribution is -2.45. The molecular formula is C31H39F2N3O7. The van der Waals surface area contributed by atoms with Gasteiger partial charge in [0.05, 0.1) is 7.11 Å². The number of amides is 3. The van der Waals surface area contributed by atoms with E-state index < -0.39 is 53.2 Å². The van der Waals surface area contributed by atoms with E-state index in [-0.39, 0.29) is 35.8 Å². The van der Waals surface area contributed by atoms with E-state index >= 15 is 0 Å². The Morgan fingerprint density at radius 1 is 1.14 bits per heavy atom. The van der Waals surface area contributed by atoms with Crippen LogP contribution >= 0.6 is 0 Å². The summed E-state index contributed by atoms with van der Waals surface area (Å²) in [5.41, 5.74) is -0.114. The van der Waals surface area contributed by atoms with Crippen LogP contribution in [0.2, 0.25) is 0 Å². The van der Waals surface area contributed by atoms with Gasteiger partial charge in [-0.15, -0.1) is 0 Å². The van der Waals surface area contributed by atoms with Crippen molar-refractivity contribution in [1.29, 1.82) is 0 Å². The fraction of sp³-hybridized carbons (Fsp3) is 0.452. The van der Waals surface area contributed by atoms with E-state index in [4.69, 9.17) is 9.47 Å². The maximum absolute atomic E-state index is 13.7. The number of nitrogens with one attached hydrogen (secondary N) is 2. The Hall–Kier alpha value is -4.35. The number of benzene rings is 1. The van der Waals surface area contributed by atoms with Gasteiger partial charge in [0.2, 0.25) is 17.7 Å². The standard InChI is InChI=1S/C31H39F2N3O7/c1-6-8-19(2)10-13-28(38)35-26(12-11-22-15-23(32)17-24(33)16-22)29(39)34-18-25(30(40)42-5)20(3)43-31(41)27-9-7-14-36(27)21(4)37/h10,13,15-19,26-27H,3,6-9,11-12,14H2,1-2,4-5H3,(H,34,39)(H,35,38)/b13-10+,25-18?. The van der Waals surface area contributed by atoms with Gasteiger partial charge in [-0.05, 0) is 61.8 Å². The zero-order valence-corrected chi connectivity index (χ0v) is 24.9. The second-order valence-corrected chi connectivity index (χ2v) is 10.3. The zero-order valence-electron chi connectivity index (χ0n) is 24.9. The molecule has 1 aromatic carbocycles. The summed E-state index contributed by atoms with van der Waals surface area (Å²) in [6, 6.07) is 0.942. The molecule has 3 atom stereocenters. The van der Waals surface area contributed by atoms with Crippen LogP contribution in [0, 0.1) is 17.6 Å². The monoisotopic (exact) mass is 603 g/mol. The summed E-state index contributed by atoms with van der Waals surface area (Å²) in [6.45, 7) is 9.29. The van der Waals surface area contributed by atoms with Crippen molar-refractivity contribution in [2.24, 2.45) is 5.92 Å². The van der Waals surface area contributed by atoms with E-state index in [9.17, 15) is 32.8 Å². The number of carbonyl (C=O) groups is 5. The average Bonchev–Trinajstić information content (AvgIpc) is 3.44. The molecule has 1 aromatic rings. The number of ether oxygens (including phenoxy) is 2. The minimum Gasteiger partial charge on any atom is -0.465 e. The van der Waals surface area contributed by atoms with Crippen molar-refractivity contribution >= 4 is 29.7 Å². The largest absolute Gasteiger partial charge is 0.465 e. The Labute approximate surface area is 250 Å². The fourth-order valence-electron chi connectivity index (χ4n) is 4.60. The first kappa shape index (κ1) is 34.8. The first-order chi connectivity index (χ1) is 20.4. The number of rotatable bonds is 14. The molecule has 43 heavy (non-hydrogen) atoms. The van der Waals surface area contributed by atoms with Crippen molar-refractivity contribution in [2.75, 3.05) is 13.7 Å². The van der Waals surface area contributed by atoms with E-state index in [0.29, 0.717) is 19.4 Å². The van der Waals surface area contributed by atoms with E-state index in [2.05, 4.69) is 17.2 Å². The number of esters is 2. The van der Waals surface area contributed by atoms with Crippen LogP contribution in [0.3, 0.4) is 0 Å². The molecule has 2 rings (SSSR count). The lowest BCUT2D eigenvalue weighted by Gasteiger charge is -2.22. The summed E-state index contributed by atoms with van der Waals surface area (Å²) in [4.78, 5) is 64.2. The SMILES string of the molecule is C=C(OC(=O)C1CCCN1C(C)=O)C(=CNC(=O)C(CCc1cc(F)cc(F)c1)NC(=O)/C=C/C(C)CCC)C(=O)OC. The molecule has 1 fully saturated rings. The number of aryl methyl sites for hydroxylation is 1. The van der Waals surface area contributed by atoms with Gasteiger partial charge in [-0.3, -0.25) is 14.4 Å². The van der Waals surface area contributed by atoms with Crippen molar-refractivity contribution in [3.63, 3.8) is 0 Å². The summed E-state index contributed by atoms with van der Waals surface area (Å²) in [6.07, 6.45) is 6.71. The smallest absolute Gasteiger partial charge is 0.343 e. The summed E-state index contributed by atoms with van der Waals surface area (Å²) in [5.74, 6) is -5.25. The van der Waals surface area contributed by atoms with Crippen molar-refractivity contribution in [3.05, 3.63) is 71.7 Å². The molecule has 1 saturated heterocycles. The molecule has 0 bridgehead atoms. The first-order valence-corrected chi connectivity index (χ1v) is 14.1. The number of halogens is 2. The summed E-state index contributed by atoms with van der Waals surface area (Å²) >= 11 is 0. The van der Waals surface area contributed by atoms with Crippen molar-refractivity contribution in [2.45, 2.75) is 71.4 Å². The van der Waals surface area contributed by atoms with E-state index in [1.54, 1.807) is 6.08 Å². The van der Waals surface area contributed by atoms with E-state index in [0.717, 1.165) is 44.4 Å². The second kappa shape index (κ2) is 16.9. The molecule has 10 nitrogen and oxygen atoms in total. The molecule has 3 amide bonds. The van der Waals surface area contributed by atoms with Crippen LogP contribution in [-0.2, 0) is 39.9 Å². The van der Waals surface area contributed by atoms with Gasteiger partial charge in [-0.2, -0.15) is 0 Å². The number of hydrogen-bond acceptors (Lipinski definition) is 7. The lowest BCUT2D eigenvalue weighted by molar-refractivity contribution is -0.149. The van der Waals surface area contributed by atoms with E-state index in [1.165, 1.54) is 17.9 Å². The molecule has 2 N–H and O–H groups in total. The third-order valence-electron chi connectivity index (χ3n) is 6.81. The summed E-state index contributed by atoms with van der Waals surface area (Å²) in [5, 5.41) is 4.97. The van der Waals surface area contributed by atoms with Gasteiger partial charge in [0, 0.05) is 25.7 Å². The molecule has 234 valence electrons. The van der Waals surface area contributed by atoms with Crippen molar-refractivity contribution < 1.29 is 42.2 Å². The minimum atomic E-state index is -1.18. The molecular weight excluding hydrogens is 564 g/mol. The molecule has 0 aliphatic carbocycles. The Morgan fingerprint density at radius 2 is 1.81 bits per heavy atom. The highest BCUT2D eigenvalue weighted by molar-refractivity contribution is 5.96. The minimum absolute atomic E-state index is 0.0366. The van der Waals surface area contributed by atoms with Crippen LogP contribution in [-0.4, -0.2) is 60.3 Å². The zero-order chi connectivity index (χ0) is 32.1.